The molecule has 1 saturated heterocycles. The molecule has 11 heteroatoms. The number of ether oxygens (including phenoxy) is 2. The lowest BCUT2D eigenvalue weighted by Gasteiger charge is -2.23. The van der Waals surface area contributed by atoms with Gasteiger partial charge in [0, 0.05) is 24.7 Å². The van der Waals surface area contributed by atoms with Crippen LogP contribution >= 0.6 is 0 Å². The Morgan fingerprint density at radius 3 is 2.63 bits per heavy atom. The van der Waals surface area contributed by atoms with E-state index < -0.39 is 31.8 Å². The molecule has 1 amide bonds. The van der Waals surface area contributed by atoms with Crippen LogP contribution in [0.5, 0.6) is 11.5 Å². The Morgan fingerprint density at radius 1 is 1.13 bits per heavy atom. The second-order valence-electron chi connectivity index (χ2n) is 7.17. The first kappa shape index (κ1) is 20.5. The van der Waals surface area contributed by atoms with Gasteiger partial charge in [-0.05, 0) is 36.8 Å². The van der Waals surface area contributed by atoms with Gasteiger partial charge >= 0.3 is 0 Å². The predicted molar refractivity (Wildman–Crippen MR) is 109 cm³/mol. The Balaban J connectivity index is 1.54. The maximum atomic E-state index is 12.8. The number of sulfone groups is 1. The van der Waals surface area contributed by atoms with Gasteiger partial charge in [-0.1, -0.05) is 6.07 Å². The summed E-state index contributed by atoms with van der Waals surface area (Å²) >= 11 is 0. The Hall–Kier alpha value is -2.79. The van der Waals surface area contributed by atoms with Gasteiger partial charge in [0.15, 0.2) is 21.3 Å². The van der Waals surface area contributed by atoms with Crippen LogP contribution in [-0.4, -0.2) is 59.0 Å². The molecule has 2 aliphatic heterocycles. The van der Waals surface area contributed by atoms with Crippen molar-refractivity contribution in [1.82, 2.24) is 4.90 Å². The molecule has 0 aromatic heterocycles. The molecule has 1 N–H and O–H groups in total. The molecule has 4 rings (SSSR count). The number of carbonyl (C=O) groups excluding carboxylic acids is 1. The van der Waals surface area contributed by atoms with Gasteiger partial charge in [-0.15, -0.1) is 0 Å². The normalized spacial score (nSPS) is 19.4. The molecule has 0 aliphatic carbocycles. The summed E-state index contributed by atoms with van der Waals surface area (Å²) in [7, 11) is -5.58. The number of benzene rings is 2. The van der Waals surface area contributed by atoms with Crippen LogP contribution < -0.4 is 14.2 Å². The second-order valence-corrected chi connectivity index (χ2v) is 11.1. The third-order valence-electron chi connectivity index (χ3n) is 5.09. The van der Waals surface area contributed by atoms with Crippen molar-refractivity contribution in [3.05, 3.63) is 48.0 Å². The lowest BCUT2D eigenvalue weighted by atomic mass is 10.1. The number of fused-ring (bicyclic) bond motifs is 1. The van der Waals surface area contributed by atoms with Gasteiger partial charge in [0.05, 0.1) is 22.1 Å². The van der Waals surface area contributed by atoms with E-state index in [1.165, 1.54) is 42.3 Å². The number of hydrogen-bond acceptors (Lipinski definition) is 7. The number of rotatable bonds is 5. The quantitative estimate of drug-likeness (QED) is 0.730. The Kier molecular flexibility index (Phi) is 5.10. The minimum atomic E-state index is -3.96. The second kappa shape index (κ2) is 7.47. The van der Waals surface area contributed by atoms with Crippen molar-refractivity contribution in [3.8, 4) is 11.5 Å². The zero-order chi connectivity index (χ0) is 21.5. The Morgan fingerprint density at radius 2 is 1.90 bits per heavy atom. The van der Waals surface area contributed by atoms with Gasteiger partial charge in [-0.3, -0.25) is 9.52 Å². The molecule has 2 aromatic carbocycles. The monoisotopic (exact) mass is 452 g/mol. The summed E-state index contributed by atoms with van der Waals surface area (Å²) < 4.78 is 61.9. The Bertz CT molecular complexity index is 1210. The highest BCUT2D eigenvalue weighted by atomic mass is 32.2. The van der Waals surface area contributed by atoms with E-state index in [9.17, 15) is 21.6 Å². The average Bonchev–Trinajstić information content (AvgIpc) is 3.32. The molecular formula is C19H20N2O7S2. The van der Waals surface area contributed by atoms with Gasteiger partial charge < -0.3 is 14.4 Å². The van der Waals surface area contributed by atoms with E-state index in [1.54, 1.807) is 12.1 Å². The predicted octanol–water partition coefficient (Wildman–Crippen LogP) is 1.48. The van der Waals surface area contributed by atoms with E-state index in [0.717, 1.165) is 0 Å². The lowest BCUT2D eigenvalue weighted by Crippen LogP contribution is -2.37. The number of sulfonamides is 1. The number of amides is 1. The van der Waals surface area contributed by atoms with Crippen LogP contribution in [0.3, 0.4) is 0 Å². The summed E-state index contributed by atoms with van der Waals surface area (Å²) in [5, 5.41) is 0. The Labute approximate surface area is 174 Å². The van der Waals surface area contributed by atoms with E-state index in [4.69, 9.17) is 9.47 Å². The zero-order valence-corrected chi connectivity index (χ0v) is 17.7. The van der Waals surface area contributed by atoms with E-state index >= 15 is 0 Å². The fraction of sp³-hybridized carbons (Fsp3) is 0.316. The highest BCUT2D eigenvalue weighted by Gasteiger charge is 2.33. The van der Waals surface area contributed by atoms with Crippen molar-refractivity contribution < 1.29 is 31.1 Å². The van der Waals surface area contributed by atoms with Crippen molar-refractivity contribution in [1.29, 1.82) is 0 Å². The van der Waals surface area contributed by atoms with Crippen LogP contribution in [0.25, 0.3) is 0 Å². The molecule has 0 radical (unpaired) electrons. The molecule has 160 valence electrons. The third kappa shape index (κ3) is 4.08. The van der Waals surface area contributed by atoms with Crippen molar-refractivity contribution in [2.75, 3.05) is 30.1 Å². The number of anilines is 1. The zero-order valence-electron chi connectivity index (χ0n) is 16.1. The van der Waals surface area contributed by atoms with Crippen LogP contribution in [0.15, 0.2) is 47.4 Å². The fourth-order valence-electron chi connectivity index (χ4n) is 3.42. The maximum Gasteiger partial charge on any atom is 0.261 e. The van der Waals surface area contributed by atoms with E-state index in [0.29, 0.717) is 23.6 Å². The third-order valence-corrected chi connectivity index (χ3v) is 8.22. The molecule has 30 heavy (non-hydrogen) atoms. The summed E-state index contributed by atoms with van der Waals surface area (Å²) in [6.45, 7) is 0.0749. The summed E-state index contributed by atoms with van der Waals surface area (Å²) in [6.07, 6.45) is 0.369. The minimum Gasteiger partial charge on any atom is -0.454 e. The van der Waals surface area contributed by atoms with Crippen LogP contribution in [0.2, 0.25) is 0 Å². The number of nitrogens with zero attached hydrogens (tertiary/aromatic N) is 1. The smallest absolute Gasteiger partial charge is 0.261 e. The summed E-state index contributed by atoms with van der Waals surface area (Å²) in [5.41, 5.74) is 0.458. The topological polar surface area (TPSA) is 119 Å². The molecule has 0 saturated carbocycles. The van der Waals surface area contributed by atoms with E-state index in [1.807, 2.05) is 0 Å². The average molecular weight is 453 g/mol. The first-order valence-corrected chi connectivity index (χ1v) is 12.5. The van der Waals surface area contributed by atoms with Gasteiger partial charge in [-0.2, -0.15) is 0 Å². The van der Waals surface area contributed by atoms with E-state index in [2.05, 4.69) is 4.72 Å². The molecule has 2 aliphatic rings. The maximum absolute atomic E-state index is 12.8. The van der Waals surface area contributed by atoms with Crippen LogP contribution in [0.1, 0.15) is 16.8 Å². The molecule has 1 atom stereocenters. The molecule has 0 bridgehead atoms. The van der Waals surface area contributed by atoms with Crippen molar-refractivity contribution in [2.45, 2.75) is 17.4 Å². The highest BCUT2D eigenvalue weighted by molar-refractivity contribution is 7.92. The number of carbonyl (C=O) groups is 1. The molecular weight excluding hydrogens is 432 g/mol. The first-order valence-electron chi connectivity index (χ1n) is 9.15. The molecule has 0 spiro atoms. The van der Waals surface area contributed by atoms with Gasteiger partial charge in [0.1, 0.15) is 0 Å². The summed E-state index contributed by atoms with van der Waals surface area (Å²) in [6, 6.07) is 9.88. The largest absolute Gasteiger partial charge is 0.454 e. The van der Waals surface area contributed by atoms with Crippen LogP contribution in [-0.2, 0) is 19.9 Å². The van der Waals surface area contributed by atoms with Gasteiger partial charge in [0.25, 0.3) is 15.9 Å². The summed E-state index contributed by atoms with van der Waals surface area (Å²) in [4.78, 5) is 14.1. The number of hydrogen-bond donors (Lipinski definition) is 1. The SMILES string of the molecule is CN(C(=O)c1cccc(S(=O)(=O)Nc2ccc3c(c2)OCO3)c1)[C@H]1CCS(=O)(=O)C1. The molecule has 0 unspecified atom stereocenters. The van der Waals surface area contributed by atoms with Crippen molar-refractivity contribution in [3.63, 3.8) is 0 Å². The minimum absolute atomic E-state index is 0.0448. The van der Waals surface area contributed by atoms with Gasteiger partial charge in [-0.25, -0.2) is 16.8 Å². The standard InChI is InChI=1S/C19H20N2O7S2/c1-21(15-7-8-29(23,24)11-15)19(22)13-3-2-4-16(9-13)30(25,26)20-14-5-6-17-18(10-14)28-12-27-17/h2-6,9-10,15,20H,7-8,11-12H2,1H3/t15-/m0/s1. The fourth-order valence-corrected chi connectivity index (χ4v) is 6.29. The molecule has 2 aromatic rings. The molecule has 2 heterocycles. The molecule has 9 nitrogen and oxygen atoms in total. The highest BCUT2D eigenvalue weighted by Crippen LogP contribution is 2.34. The first-order chi connectivity index (χ1) is 14.1. The number of nitrogens with one attached hydrogen (secondary N) is 1. The van der Waals surface area contributed by atoms with Crippen molar-refractivity contribution in [2.24, 2.45) is 0 Å². The van der Waals surface area contributed by atoms with E-state index in [-0.39, 0.29) is 28.8 Å². The van der Waals surface area contributed by atoms with Crippen molar-refractivity contribution >= 4 is 31.5 Å². The summed E-state index contributed by atoms with van der Waals surface area (Å²) in [5.74, 6) is 0.495. The lowest BCUT2D eigenvalue weighted by molar-refractivity contribution is 0.0747. The van der Waals surface area contributed by atoms with Crippen LogP contribution in [0.4, 0.5) is 5.69 Å². The van der Waals surface area contributed by atoms with Crippen LogP contribution in [0, 0.1) is 0 Å². The van der Waals surface area contributed by atoms with Gasteiger partial charge in [0.2, 0.25) is 6.79 Å². The molecule has 1 fully saturated rings.